The summed E-state index contributed by atoms with van der Waals surface area (Å²) in [5.74, 6) is 2.49. The number of nitrogens with zero attached hydrogens (tertiary/aromatic N) is 3. The first kappa shape index (κ1) is 18.8. The number of amides is 2. The lowest BCUT2D eigenvalue weighted by Crippen LogP contribution is -2.34. The molecule has 144 valence electrons. The van der Waals surface area contributed by atoms with Crippen LogP contribution >= 0.6 is 0 Å². The number of pyridine rings is 1. The minimum atomic E-state index is -0.191. The Morgan fingerprint density at radius 3 is 2.48 bits per heavy atom. The van der Waals surface area contributed by atoms with Gasteiger partial charge < -0.3 is 24.6 Å². The van der Waals surface area contributed by atoms with Gasteiger partial charge in [0.1, 0.15) is 23.9 Å². The highest BCUT2D eigenvalue weighted by molar-refractivity contribution is 5.89. The van der Waals surface area contributed by atoms with E-state index < -0.39 is 0 Å². The molecule has 2 heterocycles. The highest BCUT2D eigenvalue weighted by atomic mass is 16.5. The maximum atomic E-state index is 12.3. The molecule has 0 spiro atoms. The summed E-state index contributed by atoms with van der Waals surface area (Å²) in [5, 5.41) is 2.86. The lowest BCUT2D eigenvalue weighted by atomic mass is 10.3. The summed E-state index contributed by atoms with van der Waals surface area (Å²) in [4.78, 5) is 20.6. The number of ether oxygens (including phenoxy) is 2. The largest absolute Gasteiger partial charge is 0.497 e. The van der Waals surface area contributed by atoms with Crippen molar-refractivity contribution < 1.29 is 14.3 Å². The van der Waals surface area contributed by atoms with E-state index in [9.17, 15) is 4.79 Å². The number of anilines is 2. The van der Waals surface area contributed by atoms with Gasteiger partial charge in [0.05, 0.1) is 25.5 Å². The predicted molar refractivity (Wildman–Crippen MR) is 106 cm³/mol. The molecule has 7 nitrogen and oxygen atoms in total. The van der Waals surface area contributed by atoms with Crippen molar-refractivity contribution in [2.24, 2.45) is 0 Å². The van der Waals surface area contributed by atoms with Crippen molar-refractivity contribution in [1.29, 1.82) is 0 Å². The van der Waals surface area contributed by atoms with E-state index in [4.69, 9.17) is 9.47 Å². The molecule has 3 rings (SSSR count). The highest BCUT2D eigenvalue weighted by Crippen LogP contribution is 2.19. The standard InChI is InChI=1S/C20H26N4O3/c1-23(13-14-27-18-8-6-17(26-2)7-9-18)20(25)22-16-5-10-19(21-15-16)24-11-3-4-12-24/h5-10,15H,3-4,11-14H2,1-2H3,(H,22,25). The molecule has 0 unspecified atom stereocenters. The minimum absolute atomic E-state index is 0.191. The summed E-state index contributed by atoms with van der Waals surface area (Å²) in [6.07, 6.45) is 4.13. The van der Waals surface area contributed by atoms with Gasteiger partial charge in [-0.15, -0.1) is 0 Å². The maximum absolute atomic E-state index is 12.3. The summed E-state index contributed by atoms with van der Waals surface area (Å²) >= 11 is 0. The number of carbonyl (C=O) groups is 1. The van der Waals surface area contributed by atoms with E-state index in [0.29, 0.717) is 18.8 Å². The van der Waals surface area contributed by atoms with Crippen LogP contribution < -0.4 is 19.7 Å². The number of aromatic nitrogens is 1. The van der Waals surface area contributed by atoms with Gasteiger partial charge >= 0.3 is 6.03 Å². The fraction of sp³-hybridized carbons (Fsp3) is 0.400. The van der Waals surface area contributed by atoms with Crippen molar-refractivity contribution in [3.05, 3.63) is 42.6 Å². The number of methoxy groups -OCH3 is 1. The van der Waals surface area contributed by atoms with E-state index in [1.165, 1.54) is 12.8 Å². The smallest absolute Gasteiger partial charge is 0.321 e. The first-order valence-electron chi connectivity index (χ1n) is 9.15. The van der Waals surface area contributed by atoms with Gasteiger partial charge in [0.25, 0.3) is 0 Å². The molecule has 1 aromatic carbocycles. The Morgan fingerprint density at radius 1 is 1.15 bits per heavy atom. The third-order valence-corrected chi connectivity index (χ3v) is 4.53. The third-order valence-electron chi connectivity index (χ3n) is 4.53. The Morgan fingerprint density at radius 2 is 1.85 bits per heavy atom. The van der Waals surface area contributed by atoms with E-state index in [1.54, 1.807) is 25.3 Å². The predicted octanol–water partition coefficient (Wildman–Crippen LogP) is 3.23. The summed E-state index contributed by atoms with van der Waals surface area (Å²) in [6.45, 7) is 2.98. The van der Waals surface area contributed by atoms with Crippen molar-refractivity contribution in [1.82, 2.24) is 9.88 Å². The molecule has 27 heavy (non-hydrogen) atoms. The highest BCUT2D eigenvalue weighted by Gasteiger charge is 2.14. The van der Waals surface area contributed by atoms with Crippen LogP contribution in [0, 0.1) is 0 Å². The number of hydrogen-bond donors (Lipinski definition) is 1. The van der Waals surface area contributed by atoms with Crippen molar-refractivity contribution in [3.63, 3.8) is 0 Å². The number of rotatable bonds is 7. The SMILES string of the molecule is COc1ccc(OCCN(C)C(=O)Nc2ccc(N3CCCC3)nc2)cc1. The molecule has 1 fully saturated rings. The molecule has 0 atom stereocenters. The minimum Gasteiger partial charge on any atom is -0.497 e. The zero-order chi connectivity index (χ0) is 19.1. The van der Waals surface area contributed by atoms with Crippen molar-refractivity contribution in [2.45, 2.75) is 12.8 Å². The summed E-state index contributed by atoms with van der Waals surface area (Å²) in [5.41, 5.74) is 0.686. The Labute approximate surface area is 159 Å². The van der Waals surface area contributed by atoms with E-state index in [2.05, 4.69) is 15.2 Å². The molecule has 1 aromatic heterocycles. The molecule has 7 heteroatoms. The molecular formula is C20H26N4O3. The molecule has 0 aliphatic carbocycles. The van der Waals surface area contributed by atoms with Gasteiger partial charge in [-0.3, -0.25) is 0 Å². The quantitative estimate of drug-likeness (QED) is 0.810. The van der Waals surface area contributed by atoms with Crippen LogP contribution in [0.4, 0.5) is 16.3 Å². The molecule has 1 aliphatic rings. The second kappa shape index (κ2) is 9.12. The summed E-state index contributed by atoms with van der Waals surface area (Å²) in [7, 11) is 3.36. The van der Waals surface area contributed by atoms with E-state index in [1.807, 2.05) is 36.4 Å². The molecule has 0 bridgehead atoms. The lowest BCUT2D eigenvalue weighted by molar-refractivity contribution is 0.207. The first-order valence-corrected chi connectivity index (χ1v) is 9.15. The van der Waals surface area contributed by atoms with Gasteiger partial charge in [0, 0.05) is 20.1 Å². The average Bonchev–Trinajstić information content (AvgIpc) is 3.24. The zero-order valence-corrected chi connectivity index (χ0v) is 15.9. The number of nitrogens with one attached hydrogen (secondary N) is 1. The Balaban J connectivity index is 1.42. The number of carbonyl (C=O) groups excluding carboxylic acids is 1. The second-order valence-corrected chi connectivity index (χ2v) is 6.47. The van der Waals surface area contributed by atoms with Crippen LogP contribution in [0.3, 0.4) is 0 Å². The Hall–Kier alpha value is -2.96. The van der Waals surface area contributed by atoms with Crippen LogP contribution in [0.15, 0.2) is 42.6 Å². The van der Waals surface area contributed by atoms with Gasteiger partial charge in [0.2, 0.25) is 0 Å². The van der Waals surface area contributed by atoms with Gasteiger partial charge in [-0.25, -0.2) is 9.78 Å². The molecule has 1 N–H and O–H groups in total. The normalized spacial score (nSPS) is 13.3. The van der Waals surface area contributed by atoms with Crippen LogP contribution in [0.2, 0.25) is 0 Å². The van der Waals surface area contributed by atoms with E-state index >= 15 is 0 Å². The van der Waals surface area contributed by atoms with Crippen molar-refractivity contribution in [3.8, 4) is 11.5 Å². The molecule has 2 aromatic rings. The van der Waals surface area contributed by atoms with Crippen molar-refractivity contribution >= 4 is 17.5 Å². The molecular weight excluding hydrogens is 344 g/mol. The van der Waals surface area contributed by atoms with Crippen LogP contribution in [0.1, 0.15) is 12.8 Å². The lowest BCUT2D eigenvalue weighted by Gasteiger charge is -2.19. The summed E-state index contributed by atoms with van der Waals surface area (Å²) < 4.78 is 10.8. The van der Waals surface area contributed by atoms with Gasteiger partial charge in [0.15, 0.2) is 0 Å². The van der Waals surface area contributed by atoms with Crippen LogP contribution in [0.5, 0.6) is 11.5 Å². The van der Waals surface area contributed by atoms with E-state index in [-0.39, 0.29) is 6.03 Å². The fourth-order valence-corrected chi connectivity index (χ4v) is 2.89. The van der Waals surface area contributed by atoms with Crippen LogP contribution in [-0.4, -0.2) is 56.3 Å². The average molecular weight is 370 g/mol. The fourth-order valence-electron chi connectivity index (χ4n) is 2.89. The first-order chi connectivity index (χ1) is 13.2. The number of hydrogen-bond acceptors (Lipinski definition) is 5. The molecule has 0 saturated carbocycles. The topological polar surface area (TPSA) is 66.9 Å². The van der Waals surface area contributed by atoms with Gasteiger partial charge in [-0.1, -0.05) is 0 Å². The zero-order valence-electron chi connectivity index (χ0n) is 15.9. The number of likely N-dealkylation sites (N-methyl/N-ethyl adjacent to an activating group) is 1. The monoisotopic (exact) mass is 370 g/mol. The Kier molecular flexibility index (Phi) is 6.35. The van der Waals surface area contributed by atoms with Gasteiger partial charge in [-0.05, 0) is 49.2 Å². The van der Waals surface area contributed by atoms with Crippen LogP contribution in [-0.2, 0) is 0 Å². The maximum Gasteiger partial charge on any atom is 0.321 e. The van der Waals surface area contributed by atoms with Crippen molar-refractivity contribution in [2.75, 3.05) is 50.6 Å². The molecule has 1 aliphatic heterocycles. The van der Waals surface area contributed by atoms with E-state index in [0.717, 1.165) is 30.4 Å². The molecule has 2 amide bonds. The van der Waals surface area contributed by atoms with Crippen LogP contribution in [0.25, 0.3) is 0 Å². The van der Waals surface area contributed by atoms with Gasteiger partial charge in [-0.2, -0.15) is 0 Å². The third kappa shape index (κ3) is 5.26. The Bertz CT molecular complexity index is 728. The molecule has 0 radical (unpaired) electrons. The number of urea groups is 1. The molecule has 1 saturated heterocycles. The summed E-state index contributed by atoms with van der Waals surface area (Å²) in [6, 6.07) is 11.0. The number of benzene rings is 1. The second-order valence-electron chi connectivity index (χ2n) is 6.47.